The molecule has 3 atom stereocenters. The molecular weight excluding hydrogens is 485 g/mol. The highest BCUT2D eigenvalue weighted by Gasteiger charge is 2.51. The predicted octanol–water partition coefficient (Wildman–Crippen LogP) is 4.42. The van der Waals surface area contributed by atoms with E-state index in [9.17, 15) is 4.79 Å². The van der Waals surface area contributed by atoms with E-state index in [4.69, 9.17) is 14.6 Å². The number of hydrogen-bond acceptors (Lipinski definition) is 6. The van der Waals surface area contributed by atoms with Crippen molar-refractivity contribution in [2.45, 2.75) is 18.1 Å². The van der Waals surface area contributed by atoms with Gasteiger partial charge in [0.15, 0.2) is 5.17 Å². The van der Waals surface area contributed by atoms with Crippen LogP contribution in [0, 0.1) is 11.7 Å². The first-order valence-corrected chi connectivity index (χ1v) is 11.6. The Kier molecular flexibility index (Phi) is 6.66. The maximum absolute atomic E-state index is 15.0. The fraction of sp³-hybridized carbons (Fsp3) is 0.364. The monoisotopic (exact) mass is 507 g/mol. The molecule has 1 amide bonds. The standard InChI is InChI=1S/C22H23BrFN3O3S/c1-27(29-2)20(28)19-10-14-12-31-21(25-16-6-4-3-5-7-16)26-22(14,13-30-19)17-11-15(23)8-9-18(17)24/h3-9,11,14,19H,10,12-13H2,1-2H3,(H,25,26)/t14-,19+,22-/m0/s1. The smallest absolute Gasteiger partial charge is 0.274 e. The summed E-state index contributed by atoms with van der Waals surface area (Å²) in [6, 6.07) is 14.6. The van der Waals surface area contributed by atoms with Gasteiger partial charge in [-0.05, 0) is 36.8 Å². The van der Waals surface area contributed by atoms with E-state index in [1.165, 1.54) is 18.2 Å². The highest BCUT2D eigenvalue weighted by molar-refractivity contribution is 9.10. The third kappa shape index (κ3) is 4.50. The van der Waals surface area contributed by atoms with Crippen LogP contribution < -0.4 is 5.32 Å². The van der Waals surface area contributed by atoms with E-state index >= 15 is 4.39 Å². The van der Waals surface area contributed by atoms with Gasteiger partial charge in [0, 0.05) is 34.4 Å². The molecule has 6 nitrogen and oxygen atoms in total. The van der Waals surface area contributed by atoms with Gasteiger partial charge < -0.3 is 10.1 Å². The minimum atomic E-state index is -0.932. The number of nitrogens with zero attached hydrogens (tertiary/aromatic N) is 2. The number of carbonyl (C=O) groups is 1. The Hall–Kier alpha value is -1.94. The fourth-order valence-corrected chi connectivity index (χ4v) is 5.50. The number of aliphatic imine (C=N–C) groups is 1. The molecule has 0 spiro atoms. The molecule has 4 rings (SSSR count). The van der Waals surface area contributed by atoms with Gasteiger partial charge >= 0.3 is 0 Å². The van der Waals surface area contributed by atoms with Crippen molar-refractivity contribution in [1.82, 2.24) is 5.06 Å². The molecule has 9 heteroatoms. The number of hydrogen-bond donors (Lipinski definition) is 1. The number of para-hydroxylation sites is 1. The number of benzene rings is 2. The molecule has 0 radical (unpaired) electrons. The van der Waals surface area contributed by atoms with Crippen LogP contribution in [0.15, 0.2) is 58.0 Å². The second-order valence-corrected chi connectivity index (χ2v) is 9.44. The summed E-state index contributed by atoms with van der Waals surface area (Å²) in [5.74, 6) is -0.0112. The van der Waals surface area contributed by atoms with Crippen LogP contribution >= 0.6 is 27.7 Å². The average molecular weight is 508 g/mol. The quantitative estimate of drug-likeness (QED) is 0.620. The minimum Gasteiger partial charge on any atom is -0.365 e. The largest absolute Gasteiger partial charge is 0.365 e. The maximum atomic E-state index is 15.0. The zero-order valence-electron chi connectivity index (χ0n) is 17.2. The van der Waals surface area contributed by atoms with Gasteiger partial charge in [-0.25, -0.2) is 14.4 Å². The second-order valence-electron chi connectivity index (χ2n) is 7.52. The van der Waals surface area contributed by atoms with Crippen LogP contribution in [0.1, 0.15) is 12.0 Å². The summed E-state index contributed by atoms with van der Waals surface area (Å²) in [6.07, 6.45) is -0.231. The number of amidine groups is 1. The van der Waals surface area contributed by atoms with E-state index in [0.29, 0.717) is 22.9 Å². The molecule has 1 saturated heterocycles. The number of halogens is 2. The van der Waals surface area contributed by atoms with Crippen LogP contribution in [-0.4, -0.2) is 48.8 Å². The maximum Gasteiger partial charge on any atom is 0.274 e. The molecule has 0 bridgehead atoms. The second kappa shape index (κ2) is 9.28. The van der Waals surface area contributed by atoms with E-state index in [2.05, 4.69) is 21.2 Å². The van der Waals surface area contributed by atoms with Gasteiger partial charge in [-0.3, -0.25) is 9.63 Å². The Labute approximate surface area is 193 Å². The predicted molar refractivity (Wildman–Crippen MR) is 123 cm³/mol. The lowest BCUT2D eigenvalue weighted by atomic mass is 9.75. The molecule has 31 heavy (non-hydrogen) atoms. The molecule has 1 N–H and O–H groups in total. The summed E-state index contributed by atoms with van der Waals surface area (Å²) < 4.78 is 21.8. The van der Waals surface area contributed by atoms with Crippen LogP contribution in [0.2, 0.25) is 0 Å². The van der Waals surface area contributed by atoms with Crippen LogP contribution in [0.3, 0.4) is 0 Å². The first-order chi connectivity index (χ1) is 14.9. The summed E-state index contributed by atoms with van der Waals surface area (Å²) in [4.78, 5) is 22.6. The molecule has 2 heterocycles. The number of fused-ring (bicyclic) bond motifs is 1. The number of anilines is 1. The Morgan fingerprint density at radius 1 is 1.35 bits per heavy atom. The number of amides is 1. The van der Waals surface area contributed by atoms with E-state index < -0.39 is 11.6 Å². The number of likely N-dealkylation sites (N-methyl/N-ethyl adjacent to an activating group) is 1. The highest BCUT2D eigenvalue weighted by atomic mass is 79.9. The van der Waals surface area contributed by atoms with Gasteiger partial charge in [0.1, 0.15) is 17.5 Å². The molecule has 0 unspecified atom stereocenters. The van der Waals surface area contributed by atoms with Gasteiger partial charge in [-0.2, -0.15) is 0 Å². The van der Waals surface area contributed by atoms with Crippen molar-refractivity contribution in [3.63, 3.8) is 0 Å². The van der Waals surface area contributed by atoms with Crippen LogP contribution in [0.4, 0.5) is 10.1 Å². The Balaban J connectivity index is 1.71. The number of ether oxygens (including phenoxy) is 1. The first-order valence-electron chi connectivity index (χ1n) is 9.86. The Morgan fingerprint density at radius 3 is 2.87 bits per heavy atom. The van der Waals surface area contributed by atoms with E-state index in [1.54, 1.807) is 30.9 Å². The zero-order valence-corrected chi connectivity index (χ0v) is 19.6. The van der Waals surface area contributed by atoms with Crippen molar-refractivity contribution < 1.29 is 18.8 Å². The number of carbonyl (C=O) groups excluding carboxylic acids is 1. The fourth-order valence-electron chi connectivity index (χ4n) is 3.95. The van der Waals surface area contributed by atoms with Crippen molar-refractivity contribution in [2.24, 2.45) is 10.9 Å². The summed E-state index contributed by atoms with van der Waals surface area (Å²) in [7, 11) is 2.99. The lowest BCUT2D eigenvalue weighted by Gasteiger charge is -2.46. The summed E-state index contributed by atoms with van der Waals surface area (Å²) in [6.45, 7) is 0.0968. The van der Waals surface area contributed by atoms with Gasteiger partial charge in [0.2, 0.25) is 0 Å². The number of rotatable bonds is 4. The highest BCUT2D eigenvalue weighted by Crippen LogP contribution is 2.47. The Bertz CT molecular complexity index is 993. The van der Waals surface area contributed by atoms with Gasteiger partial charge in [0.25, 0.3) is 5.91 Å². The Morgan fingerprint density at radius 2 is 2.13 bits per heavy atom. The van der Waals surface area contributed by atoms with Gasteiger partial charge in [-0.1, -0.05) is 45.9 Å². The van der Waals surface area contributed by atoms with Crippen LogP contribution in [-0.2, 0) is 19.9 Å². The number of thioether (sulfide) groups is 1. The minimum absolute atomic E-state index is 0.0874. The van der Waals surface area contributed by atoms with Gasteiger partial charge in [-0.15, -0.1) is 0 Å². The third-order valence-electron chi connectivity index (χ3n) is 5.68. The molecule has 2 aliphatic heterocycles. The molecular formula is C22H23BrFN3O3S. The molecule has 164 valence electrons. The first kappa shape index (κ1) is 22.3. The normalized spacial score (nSPS) is 25.4. The molecule has 0 saturated carbocycles. The van der Waals surface area contributed by atoms with Crippen molar-refractivity contribution in [1.29, 1.82) is 0 Å². The molecule has 2 aromatic rings. The van der Waals surface area contributed by atoms with Crippen molar-refractivity contribution in [2.75, 3.05) is 31.8 Å². The topological polar surface area (TPSA) is 63.2 Å². The SMILES string of the molecule is CON(C)C(=O)[C@H]1C[C@H]2CSC(Nc3ccccc3)=N[C@@]2(c2cc(Br)ccc2F)CO1. The lowest BCUT2D eigenvalue weighted by Crippen LogP contribution is -2.53. The number of hydroxylamine groups is 2. The van der Waals surface area contributed by atoms with Crippen molar-refractivity contribution in [3.05, 3.63) is 64.4 Å². The summed E-state index contributed by atoms with van der Waals surface area (Å²) >= 11 is 5.02. The van der Waals surface area contributed by atoms with E-state index in [-0.39, 0.29) is 24.2 Å². The molecule has 2 aliphatic rings. The average Bonchev–Trinajstić information content (AvgIpc) is 2.79. The van der Waals surface area contributed by atoms with Crippen molar-refractivity contribution in [3.8, 4) is 0 Å². The van der Waals surface area contributed by atoms with E-state index in [0.717, 1.165) is 10.2 Å². The number of nitrogens with one attached hydrogen (secondary N) is 1. The van der Waals surface area contributed by atoms with Crippen LogP contribution in [0.5, 0.6) is 0 Å². The zero-order chi connectivity index (χ0) is 22.0. The molecule has 1 fully saturated rings. The third-order valence-corrected chi connectivity index (χ3v) is 7.21. The molecule has 0 aromatic heterocycles. The lowest BCUT2D eigenvalue weighted by molar-refractivity contribution is -0.187. The molecule has 2 aromatic carbocycles. The summed E-state index contributed by atoms with van der Waals surface area (Å²) in [5.41, 5.74) is 0.438. The van der Waals surface area contributed by atoms with Gasteiger partial charge in [0.05, 0.1) is 13.7 Å². The summed E-state index contributed by atoms with van der Waals surface area (Å²) in [5, 5.41) is 5.20. The molecule has 0 aliphatic carbocycles. The van der Waals surface area contributed by atoms with E-state index in [1.807, 2.05) is 30.3 Å². The van der Waals surface area contributed by atoms with Crippen molar-refractivity contribution >= 4 is 44.5 Å². The van der Waals surface area contributed by atoms with Crippen LogP contribution in [0.25, 0.3) is 0 Å².